The molecule has 8 atom stereocenters. The third kappa shape index (κ3) is 4.50. The Kier molecular flexibility index (Phi) is 7.67. The average molecular weight is 443 g/mol. The second-order valence-electron chi connectivity index (χ2n) is 11.1. The molecule has 4 nitrogen and oxygen atoms in total. The molecule has 0 saturated heterocycles. The maximum atomic E-state index is 10.9. The van der Waals surface area contributed by atoms with Crippen LogP contribution in [-0.2, 0) is 14.6 Å². The van der Waals surface area contributed by atoms with Crippen molar-refractivity contribution in [1.29, 1.82) is 0 Å². The number of hydrogen-bond acceptors (Lipinski definition) is 3. The molecule has 0 heterocycles. The molecule has 0 radical (unpaired) electrons. The Bertz CT molecular complexity index is 677. The van der Waals surface area contributed by atoms with Crippen molar-refractivity contribution in [2.24, 2.45) is 46.3 Å². The minimum absolute atomic E-state index is 0.100. The molecule has 0 aromatic heterocycles. The first-order chi connectivity index (χ1) is 14.2. The Hall–Kier alpha value is -0.130. The van der Waals surface area contributed by atoms with Gasteiger partial charge in [-0.25, -0.2) is 4.18 Å². The van der Waals surface area contributed by atoms with Crippen molar-refractivity contribution in [3.63, 3.8) is 0 Å². The maximum absolute atomic E-state index is 10.9. The monoisotopic (exact) mass is 442 g/mol. The highest BCUT2D eigenvalue weighted by Crippen LogP contribution is 2.68. The van der Waals surface area contributed by atoms with E-state index in [2.05, 4.69) is 25.0 Å². The molecule has 1 N–H and O–H groups in total. The van der Waals surface area contributed by atoms with Crippen LogP contribution in [-0.4, -0.2) is 19.6 Å². The smallest absolute Gasteiger partial charge is 0.264 e. The van der Waals surface area contributed by atoms with Gasteiger partial charge < -0.3 is 0 Å². The van der Waals surface area contributed by atoms with Gasteiger partial charge in [0.1, 0.15) is 0 Å². The fourth-order valence-electron chi connectivity index (χ4n) is 8.81. The third-order valence-electron chi connectivity index (χ3n) is 10.1. The second-order valence-corrected chi connectivity index (χ2v) is 12.2. The fourth-order valence-corrected chi connectivity index (χ4v) is 9.12. The predicted octanol–water partition coefficient (Wildman–Crippen LogP) is 6.91. The second kappa shape index (κ2) is 9.39. The molecule has 0 aromatic carbocycles. The number of rotatable bonds is 5. The minimum atomic E-state index is -4.32. The zero-order valence-corrected chi connectivity index (χ0v) is 20.8. The summed E-state index contributed by atoms with van der Waals surface area (Å²) in [6.07, 6.45) is 14.8. The molecule has 4 aliphatic rings. The van der Waals surface area contributed by atoms with Crippen LogP contribution in [0.2, 0.25) is 0 Å². The van der Waals surface area contributed by atoms with E-state index in [-0.39, 0.29) is 6.61 Å². The minimum Gasteiger partial charge on any atom is -0.264 e. The van der Waals surface area contributed by atoms with E-state index in [4.69, 9.17) is 4.55 Å². The molecule has 176 valence electrons. The lowest BCUT2D eigenvalue weighted by Crippen LogP contribution is -2.53. The van der Waals surface area contributed by atoms with Crippen LogP contribution in [0.15, 0.2) is 0 Å². The van der Waals surface area contributed by atoms with Gasteiger partial charge in [-0.05, 0) is 104 Å². The molecule has 5 heteroatoms. The lowest BCUT2D eigenvalue weighted by Gasteiger charge is -2.61. The van der Waals surface area contributed by atoms with Crippen molar-refractivity contribution in [3.8, 4) is 0 Å². The average Bonchev–Trinajstić information content (AvgIpc) is 3.05. The van der Waals surface area contributed by atoms with E-state index in [9.17, 15) is 8.42 Å². The Labute approximate surface area is 185 Å². The zero-order chi connectivity index (χ0) is 22.2. The predicted molar refractivity (Wildman–Crippen MR) is 122 cm³/mol. The van der Waals surface area contributed by atoms with Crippen LogP contribution in [0.1, 0.15) is 105 Å². The van der Waals surface area contributed by atoms with Crippen LogP contribution in [0.3, 0.4) is 0 Å². The zero-order valence-electron chi connectivity index (χ0n) is 20.0. The van der Waals surface area contributed by atoms with Gasteiger partial charge in [-0.15, -0.1) is 0 Å². The van der Waals surface area contributed by atoms with E-state index in [1.165, 1.54) is 64.2 Å². The van der Waals surface area contributed by atoms with Gasteiger partial charge in [0.2, 0.25) is 0 Å². The molecule has 4 fully saturated rings. The first kappa shape index (κ1) is 24.5. The van der Waals surface area contributed by atoms with E-state index < -0.39 is 10.4 Å². The molecular weight excluding hydrogens is 396 g/mol. The molecule has 30 heavy (non-hydrogen) atoms. The Balaban J connectivity index is 0.00000124. The summed E-state index contributed by atoms with van der Waals surface area (Å²) >= 11 is 0. The van der Waals surface area contributed by atoms with Crippen LogP contribution < -0.4 is 0 Å². The fraction of sp³-hybridized carbons (Fsp3) is 1.00. The van der Waals surface area contributed by atoms with Gasteiger partial charge in [-0.2, -0.15) is 8.42 Å². The van der Waals surface area contributed by atoms with Crippen molar-refractivity contribution >= 4 is 10.4 Å². The summed E-state index contributed by atoms with van der Waals surface area (Å²) in [6.45, 7) is 11.5. The van der Waals surface area contributed by atoms with Crippen molar-refractivity contribution < 1.29 is 17.2 Å². The molecule has 0 aromatic rings. The molecular formula is C25H46O4S. The van der Waals surface area contributed by atoms with Gasteiger partial charge in [-0.1, -0.05) is 47.5 Å². The standard InChI is InChI=1S/C23H40O4S.C2H6/c1-16(12-15-27-28(24,25)26)19-9-10-20-18-8-7-17-6-4-5-13-22(17,2)21(18)11-14-23(19,20)3;1-2/h16-21H,4-15H2,1-3H3,(H,24,25,26);1-2H3/t16-,17?,18?,19?,20?,21?,22?,23?;/m1./s1. The van der Waals surface area contributed by atoms with Crippen molar-refractivity contribution in [2.45, 2.75) is 105 Å². The van der Waals surface area contributed by atoms with Gasteiger partial charge in [0, 0.05) is 0 Å². The number of fused-ring (bicyclic) bond motifs is 5. The molecule has 4 aliphatic carbocycles. The highest BCUT2D eigenvalue weighted by Gasteiger charge is 2.60. The highest BCUT2D eigenvalue weighted by molar-refractivity contribution is 7.80. The molecule has 7 unspecified atom stereocenters. The third-order valence-corrected chi connectivity index (χ3v) is 10.6. The number of hydrogen-bond donors (Lipinski definition) is 1. The van der Waals surface area contributed by atoms with E-state index >= 15 is 0 Å². The summed E-state index contributed by atoms with van der Waals surface area (Å²) < 4.78 is 35.2. The summed E-state index contributed by atoms with van der Waals surface area (Å²) in [5, 5.41) is 0. The topological polar surface area (TPSA) is 63.6 Å². The SMILES string of the molecule is CC.C[C@H](CCOS(=O)(=O)O)C1CCC2C3CCC4CCCCC4(C)C3CCC21C. The lowest BCUT2D eigenvalue weighted by molar-refractivity contribution is -0.114. The van der Waals surface area contributed by atoms with Gasteiger partial charge in [0.05, 0.1) is 6.61 Å². The Morgan fingerprint density at radius 2 is 1.63 bits per heavy atom. The normalized spacial score (nSPS) is 44.1. The summed E-state index contributed by atoms with van der Waals surface area (Å²) in [6, 6.07) is 0. The van der Waals surface area contributed by atoms with E-state index in [1.807, 2.05) is 13.8 Å². The summed E-state index contributed by atoms with van der Waals surface area (Å²) in [4.78, 5) is 0. The van der Waals surface area contributed by atoms with Crippen LogP contribution in [0.4, 0.5) is 0 Å². The van der Waals surface area contributed by atoms with Gasteiger partial charge in [0.25, 0.3) is 0 Å². The van der Waals surface area contributed by atoms with Gasteiger partial charge in [0.15, 0.2) is 0 Å². The highest BCUT2D eigenvalue weighted by atomic mass is 32.3. The van der Waals surface area contributed by atoms with Crippen molar-refractivity contribution in [1.82, 2.24) is 0 Å². The molecule has 4 rings (SSSR count). The van der Waals surface area contributed by atoms with Crippen LogP contribution in [0.25, 0.3) is 0 Å². The lowest BCUT2D eigenvalue weighted by atomic mass is 9.44. The molecule has 0 amide bonds. The quantitative estimate of drug-likeness (QED) is 0.470. The van der Waals surface area contributed by atoms with E-state index in [0.29, 0.717) is 29.1 Å². The van der Waals surface area contributed by atoms with Crippen LogP contribution >= 0.6 is 0 Å². The van der Waals surface area contributed by atoms with Crippen molar-refractivity contribution in [2.75, 3.05) is 6.61 Å². The Morgan fingerprint density at radius 3 is 2.33 bits per heavy atom. The van der Waals surface area contributed by atoms with E-state index in [0.717, 1.165) is 23.7 Å². The molecule has 0 aliphatic heterocycles. The van der Waals surface area contributed by atoms with E-state index in [1.54, 1.807) is 0 Å². The molecule has 0 spiro atoms. The molecule has 0 bridgehead atoms. The largest absolute Gasteiger partial charge is 0.397 e. The first-order valence-corrected chi connectivity index (χ1v) is 14.1. The van der Waals surface area contributed by atoms with Crippen LogP contribution in [0.5, 0.6) is 0 Å². The summed E-state index contributed by atoms with van der Waals surface area (Å²) in [5.41, 5.74) is 0.992. The Morgan fingerprint density at radius 1 is 0.933 bits per heavy atom. The molecule has 4 saturated carbocycles. The first-order valence-electron chi connectivity index (χ1n) is 12.8. The van der Waals surface area contributed by atoms with Gasteiger partial charge >= 0.3 is 10.4 Å². The van der Waals surface area contributed by atoms with Crippen LogP contribution in [0, 0.1) is 46.3 Å². The van der Waals surface area contributed by atoms with Gasteiger partial charge in [-0.3, -0.25) is 4.55 Å². The summed E-state index contributed by atoms with van der Waals surface area (Å²) in [5.74, 6) is 4.75. The summed E-state index contributed by atoms with van der Waals surface area (Å²) in [7, 11) is -4.32. The van der Waals surface area contributed by atoms with Crippen molar-refractivity contribution in [3.05, 3.63) is 0 Å². The maximum Gasteiger partial charge on any atom is 0.397 e.